The van der Waals surface area contributed by atoms with Crippen LogP contribution < -0.4 is 20.9 Å². The Labute approximate surface area is 210 Å². The van der Waals surface area contributed by atoms with Gasteiger partial charge < -0.3 is 25.6 Å². The molecule has 0 unspecified atom stereocenters. The Morgan fingerprint density at radius 1 is 1.11 bits per heavy atom. The molecule has 186 valence electrons. The number of hydrogen-bond donors (Lipinski definition) is 3. The number of allylic oxidation sites excluding steroid dienone is 1. The van der Waals surface area contributed by atoms with Crippen LogP contribution in [-0.4, -0.2) is 73.7 Å². The molecule has 2 aliphatic rings. The van der Waals surface area contributed by atoms with Crippen LogP contribution in [0, 0.1) is 0 Å². The number of urea groups is 1. The summed E-state index contributed by atoms with van der Waals surface area (Å²) in [5, 5.41) is 9.76. The highest BCUT2D eigenvalue weighted by molar-refractivity contribution is 7.99. The number of morpholine rings is 1. The van der Waals surface area contributed by atoms with Crippen LogP contribution in [0.5, 0.6) is 0 Å². The Morgan fingerprint density at radius 3 is 2.66 bits per heavy atom. The quantitative estimate of drug-likeness (QED) is 0.279. The summed E-state index contributed by atoms with van der Waals surface area (Å²) in [4.78, 5) is 31.6. The van der Waals surface area contributed by atoms with Crippen molar-refractivity contribution in [1.29, 1.82) is 0 Å². The van der Waals surface area contributed by atoms with Gasteiger partial charge in [0.1, 0.15) is 5.82 Å². The molecule has 4 rings (SSSR count). The van der Waals surface area contributed by atoms with Crippen LogP contribution in [-0.2, 0) is 4.74 Å². The Hall–Kier alpha value is -2.88. The molecule has 2 amide bonds. The fourth-order valence-electron chi connectivity index (χ4n) is 4.00. The normalized spacial score (nSPS) is 16.9. The van der Waals surface area contributed by atoms with E-state index >= 15 is 0 Å². The summed E-state index contributed by atoms with van der Waals surface area (Å²) in [6.45, 7) is 5.82. The lowest BCUT2D eigenvalue weighted by molar-refractivity contribution is 0.104. The van der Waals surface area contributed by atoms with Crippen molar-refractivity contribution in [2.45, 2.75) is 18.1 Å². The summed E-state index contributed by atoms with van der Waals surface area (Å²) in [5.74, 6) is 1.68. The third-order valence-electron chi connectivity index (χ3n) is 5.95. The first-order valence-corrected chi connectivity index (χ1v) is 13.2. The lowest BCUT2D eigenvalue weighted by Gasteiger charge is -2.27. The van der Waals surface area contributed by atoms with Gasteiger partial charge in [-0.1, -0.05) is 6.07 Å². The standard InChI is InChI=1S/C26H33N5O3S/c32-24(9-8-21-2-1-3-25(29-21)31-15-17-34-18-16-31)20-4-6-22(7-5-20)30-26(33)28-14-19-35-23-10-12-27-13-11-23/h1-9,23,27H,10-19H2,(H2,28,30,33). The largest absolute Gasteiger partial charge is 0.378 e. The van der Waals surface area contributed by atoms with Crippen LogP contribution in [0.2, 0.25) is 0 Å². The van der Waals surface area contributed by atoms with Gasteiger partial charge in [0.05, 0.1) is 18.9 Å². The van der Waals surface area contributed by atoms with Gasteiger partial charge in [-0.15, -0.1) is 0 Å². The molecule has 2 fully saturated rings. The predicted octanol–water partition coefficient (Wildman–Crippen LogP) is 3.42. The summed E-state index contributed by atoms with van der Waals surface area (Å²) < 4.78 is 5.39. The van der Waals surface area contributed by atoms with Gasteiger partial charge in [0.25, 0.3) is 0 Å². The van der Waals surface area contributed by atoms with E-state index in [4.69, 9.17) is 4.74 Å². The van der Waals surface area contributed by atoms with Crippen molar-refractivity contribution in [3.63, 3.8) is 0 Å². The van der Waals surface area contributed by atoms with Crippen molar-refractivity contribution in [3.8, 4) is 0 Å². The number of anilines is 2. The summed E-state index contributed by atoms with van der Waals surface area (Å²) in [7, 11) is 0. The molecule has 0 atom stereocenters. The van der Waals surface area contributed by atoms with Gasteiger partial charge in [0.2, 0.25) is 0 Å². The second kappa shape index (κ2) is 13.3. The van der Waals surface area contributed by atoms with Crippen molar-refractivity contribution >= 4 is 41.2 Å². The lowest BCUT2D eigenvalue weighted by atomic mass is 10.1. The molecule has 0 spiro atoms. The third kappa shape index (κ3) is 8.09. The van der Waals surface area contributed by atoms with E-state index in [1.54, 1.807) is 30.3 Å². The number of thioether (sulfide) groups is 1. The van der Waals surface area contributed by atoms with Crippen LogP contribution in [0.4, 0.5) is 16.3 Å². The molecule has 35 heavy (non-hydrogen) atoms. The number of aromatic nitrogens is 1. The highest BCUT2D eigenvalue weighted by atomic mass is 32.2. The van der Waals surface area contributed by atoms with E-state index in [9.17, 15) is 9.59 Å². The topological polar surface area (TPSA) is 95.6 Å². The van der Waals surface area contributed by atoms with Crippen molar-refractivity contribution in [3.05, 3.63) is 59.8 Å². The maximum atomic E-state index is 12.6. The minimum atomic E-state index is -0.235. The number of ketones is 1. The Morgan fingerprint density at radius 2 is 1.89 bits per heavy atom. The summed E-state index contributed by atoms with van der Waals surface area (Å²) >= 11 is 1.92. The number of pyridine rings is 1. The van der Waals surface area contributed by atoms with Gasteiger partial charge in [-0.05, 0) is 74.5 Å². The second-order valence-corrected chi connectivity index (χ2v) is 9.90. The molecule has 0 saturated carbocycles. The van der Waals surface area contributed by atoms with Gasteiger partial charge in [0.15, 0.2) is 5.78 Å². The minimum absolute atomic E-state index is 0.116. The molecule has 2 aliphatic heterocycles. The molecule has 3 heterocycles. The van der Waals surface area contributed by atoms with Crippen LogP contribution in [0.15, 0.2) is 48.5 Å². The minimum Gasteiger partial charge on any atom is -0.378 e. The molecule has 8 nitrogen and oxygen atoms in total. The fourth-order valence-corrected chi connectivity index (χ4v) is 5.13. The molecule has 1 aromatic carbocycles. The van der Waals surface area contributed by atoms with Gasteiger partial charge in [-0.3, -0.25) is 4.79 Å². The number of ether oxygens (including phenoxy) is 1. The van der Waals surface area contributed by atoms with Crippen molar-refractivity contribution in [2.24, 2.45) is 0 Å². The molecule has 0 bridgehead atoms. The van der Waals surface area contributed by atoms with Crippen molar-refractivity contribution in [2.75, 3.05) is 61.9 Å². The molecule has 2 aromatic rings. The zero-order chi connectivity index (χ0) is 24.3. The number of nitrogens with one attached hydrogen (secondary N) is 3. The van der Waals surface area contributed by atoms with E-state index in [2.05, 4.69) is 25.8 Å². The Bertz CT molecular complexity index is 1000. The highest BCUT2D eigenvalue weighted by Gasteiger charge is 2.14. The van der Waals surface area contributed by atoms with Crippen LogP contribution in [0.3, 0.4) is 0 Å². The van der Waals surface area contributed by atoms with E-state index < -0.39 is 0 Å². The van der Waals surface area contributed by atoms with Crippen LogP contribution in [0.1, 0.15) is 28.9 Å². The summed E-state index contributed by atoms with van der Waals surface area (Å²) in [5.41, 5.74) is 1.93. The molecule has 0 radical (unpaired) electrons. The molecule has 2 saturated heterocycles. The predicted molar refractivity (Wildman–Crippen MR) is 142 cm³/mol. The number of hydrogen-bond acceptors (Lipinski definition) is 7. The van der Waals surface area contributed by atoms with E-state index in [0.717, 1.165) is 43.4 Å². The molecule has 9 heteroatoms. The second-order valence-electron chi connectivity index (χ2n) is 8.50. The average Bonchev–Trinajstić information content (AvgIpc) is 2.91. The molecule has 1 aromatic heterocycles. The summed E-state index contributed by atoms with van der Waals surface area (Å²) in [6.07, 6.45) is 5.64. The fraction of sp³-hybridized carbons (Fsp3) is 0.423. The first-order valence-electron chi connectivity index (χ1n) is 12.2. The smallest absolute Gasteiger partial charge is 0.319 e. The maximum absolute atomic E-state index is 12.6. The number of carbonyl (C=O) groups is 2. The number of piperidine rings is 1. The monoisotopic (exact) mass is 495 g/mol. The van der Waals surface area contributed by atoms with Crippen molar-refractivity contribution < 1.29 is 14.3 Å². The Balaban J connectivity index is 1.21. The van der Waals surface area contributed by atoms with E-state index in [0.29, 0.717) is 36.3 Å². The number of rotatable bonds is 9. The SMILES string of the molecule is O=C(NCCSC1CCNCC1)Nc1ccc(C(=O)C=Cc2cccc(N3CCOCC3)n2)cc1. The maximum Gasteiger partial charge on any atom is 0.319 e. The van der Waals surface area contributed by atoms with E-state index in [1.165, 1.54) is 18.9 Å². The number of carbonyl (C=O) groups excluding carboxylic acids is 2. The average molecular weight is 496 g/mol. The number of amides is 2. The zero-order valence-corrected chi connectivity index (χ0v) is 20.7. The third-order valence-corrected chi connectivity index (χ3v) is 7.33. The highest BCUT2D eigenvalue weighted by Crippen LogP contribution is 2.19. The summed E-state index contributed by atoms with van der Waals surface area (Å²) in [6, 6.07) is 12.5. The molecule has 3 N–H and O–H groups in total. The number of benzene rings is 1. The van der Waals surface area contributed by atoms with Crippen LogP contribution in [0.25, 0.3) is 6.08 Å². The van der Waals surface area contributed by atoms with Gasteiger partial charge in [-0.25, -0.2) is 9.78 Å². The molecular weight excluding hydrogens is 462 g/mol. The zero-order valence-electron chi connectivity index (χ0n) is 19.9. The van der Waals surface area contributed by atoms with E-state index in [1.807, 2.05) is 30.0 Å². The lowest BCUT2D eigenvalue weighted by Crippen LogP contribution is -2.36. The van der Waals surface area contributed by atoms with Gasteiger partial charge in [-0.2, -0.15) is 11.8 Å². The first-order chi connectivity index (χ1) is 17.2. The van der Waals surface area contributed by atoms with Gasteiger partial charge in [0, 0.05) is 41.9 Å². The van der Waals surface area contributed by atoms with Crippen LogP contribution >= 0.6 is 11.8 Å². The molecular formula is C26H33N5O3S. The van der Waals surface area contributed by atoms with E-state index in [-0.39, 0.29) is 11.8 Å². The van der Waals surface area contributed by atoms with Crippen molar-refractivity contribution in [1.82, 2.24) is 15.6 Å². The number of nitrogens with zero attached hydrogens (tertiary/aromatic N) is 2. The Kier molecular flexibility index (Phi) is 9.56. The van der Waals surface area contributed by atoms with Gasteiger partial charge >= 0.3 is 6.03 Å². The first kappa shape index (κ1) is 25.2. The molecule has 0 aliphatic carbocycles.